The number of ether oxygens (including phenoxy) is 1. The van der Waals surface area contributed by atoms with Gasteiger partial charge in [-0.1, -0.05) is 25.5 Å². The maximum absolute atomic E-state index is 12.4. The van der Waals surface area contributed by atoms with Crippen LogP contribution in [0.1, 0.15) is 31.7 Å². The number of carbonyl (C=O) groups excluding carboxylic acids is 1. The third-order valence-corrected chi connectivity index (χ3v) is 4.44. The highest BCUT2D eigenvalue weighted by Crippen LogP contribution is 2.20. The summed E-state index contributed by atoms with van der Waals surface area (Å²) in [7, 11) is 1.64. The minimum atomic E-state index is -0.448. The molecule has 0 saturated carbocycles. The van der Waals surface area contributed by atoms with E-state index in [-0.39, 0.29) is 5.91 Å². The lowest BCUT2D eigenvalue weighted by Crippen LogP contribution is -2.48. The molecule has 1 amide bonds. The molecular weight excluding hydrogens is 264 g/mol. The van der Waals surface area contributed by atoms with Gasteiger partial charge < -0.3 is 15.4 Å². The second kappa shape index (κ2) is 7.46. The molecule has 1 aliphatic rings. The first-order valence-electron chi connectivity index (χ1n) is 7.81. The normalized spacial score (nSPS) is 17.6. The number of rotatable bonds is 5. The van der Waals surface area contributed by atoms with Gasteiger partial charge in [0.25, 0.3) is 0 Å². The summed E-state index contributed by atoms with van der Waals surface area (Å²) in [4.78, 5) is 14.3. The first kappa shape index (κ1) is 15.8. The molecule has 0 bridgehead atoms. The quantitative estimate of drug-likeness (QED) is 0.904. The molecule has 2 rings (SSSR count). The van der Waals surface area contributed by atoms with E-state index in [2.05, 4.69) is 6.92 Å². The third-order valence-electron chi connectivity index (χ3n) is 4.44. The molecule has 4 nitrogen and oxygen atoms in total. The Morgan fingerprint density at radius 3 is 2.48 bits per heavy atom. The SMILES string of the molecule is CCC1CCN(C(=O)[C@@H](N)Cc2ccc(OC)cc2)CC1. The van der Waals surface area contributed by atoms with Crippen LogP contribution in [0.4, 0.5) is 0 Å². The molecule has 1 atom stereocenters. The summed E-state index contributed by atoms with van der Waals surface area (Å²) in [5.74, 6) is 1.67. The first-order chi connectivity index (χ1) is 10.1. The van der Waals surface area contributed by atoms with Crippen molar-refractivity contribution in [1.29, 1.82) is 0 Å². The summed E-state index contributed by atoms with van der Waals surface area (Å²) in [6, 6.07) is 7.29. The molecule has 2 N–H and O–H groups in total. The topological polar surface area (TPSA) is 55.6 Å². The first-order valence-corrected chi connectivity index (χ1v) is 7.81. The minimum absolute atomic E-state index is 0.0837. The van der Waals surface area contributed by atoms with Crippen LogP contribution in [0.5, 0.6) is 5.75 Å². The number of nitrogens with two attached hydrogens (primary N) is 1. The monoisotopic (exact) mass is 290 g/mol. The summed E-state index contributed by atoms with van der Waals surface area (Å²) in [6.45, 7) is 3.93. The molecule has 1 aromatic carbocycles. The van der Waals surface area contributed by atoms with Gasteiger partial charge >= 0.3 is 0 Å². The number of piperidine rings is 1. The van der Waals surface area contributed by atoms with Gasteiger partial charge in [0.1, 0.15) is 5.75 Å². The van der Waals surface area contributed by atoms with Crippen molar-refractivity contribution in [3.63, 3.8) is 0 Å². The van der Waals surface area contributed by atoms with Crippen molar-refractivity contribution in [2.75, 3.05) is 20.2 Å². The van der Waals surface area contributed by atoms with Gasteiger partial charge in [-0.25, -0.2) is 0 Å². The molecule has 0 radical (unpaired) electrons. The van der Waals surface area contributed by atoms with E-state index in [4.69, 9.17) is 10.5 Å². The Morgan fingerprint density at radius 1 is 1.33 bits per heavy atom. The van der Waals surface area contributed by atoms with Crippen molar-refractivity contribution in [3.05, 3.63) is 29.8 Å². The molecule has 116 valence electrons. The fourth-order valence-electron chi connectivity index (χ4n) is 2.90. The van der Waals surface area contributed by atoms with Crippen molar-refractivity contribution < 1.29 is 9.53 Å². The van der Waals surface area contributed by atoms with Gasteiger partial charge in [0.2, 0.25) is 5.91 Å². The molecule has 1 aliphatic heterocycles. The van der Waals surface area contributed by atoms with Crippen LogP contribution < -0.4 is 10.5 Å². The molecule has 1 fully saturated rings. The molecule has 0 aliphatic carbocycles. The number of methoxy groups -OCH3 is 1. The van der Waals surface area contributed by atoms with Crippen molar-refractivity contribution >= 4 is 5.91 Å². The van der Waals surface area contributed by atoms with Crippen molar-refractivity contribution in [2.24, 2.45) is 11.7 Å². The Kier molecular flexibility index (Phi) is 5.62. The molecule has 0 spiro atoms. The lowest BCUT2D eigenvalue weighted by molar-refractivity contribution is -0.134. The molecule has 0 aromatic heterocycles. The van der Waals surface area contributed by atoms with Crippen LogP contribution in [-0.4, -0.2) is 37.0 Å². The van der Waals surface area contributed by atoms with E-state index in [1.165, 1.54) is 6.42 Å². The van der Waals surface area contributed by atoms with Gasteiger partial charge in [0.15, 0.2) is 0 Å². The highest BCUT2D eigenvalue weighted by atomic mass is 16.5. The number of hydrogen-bond donors (Lipinski definition) is 1. The van der Waals surface area contributed by atoms with Crippen LogP contribution in [-0.2, 0) is 11.2 Å². The number of carbonyl (C=O) groups is 1. The average Bonchev–Trinajstić information content (AvgIpc) is 2.55. The van der Waals surface area contributed by atoms with Gasteiger partial charge in [-0.3, -0.25) is 4.79 Å². The van der Waals surface area contributed by atoms with Crippen LogP contribution in [0.25, 0.3) is 0 Å². The lowest BCUT2D eigenvalue weighted by Gasteiger charge is -2.33. The fraction of sp³-hybridized carbons (Fsp3) is 0.588. The van der Waals surface area contributed by atoms with E-state index in [0.29, 0.717) is 6.42 Å². The largest absolute Gasteiger partial charge is 0.497 e. The van der Waals surface area contributed by atoms with Crippen LogP contribution in [0, 0.1) is 5.92 Å². The zero-order valence-corrected chi connectivity index (χ0v) is 13.0. The van der Waals surface area contributed by atoms with Crippen LogP contribution in [0.3, 0.4) is 0 Å². The van der Waals surface area contributed by atoms with Crippen LogP contribution >= 0.6 is 0 Å². The minimum Gasteiger partial charge on any atom is -0.497 e. The molecule has 21 heavy (non-hydrogen) atoms. The predicted molar refractivity (Wildman–Crippen MR) is 84.3 cm³/mol. The maximum Gasteiger partial charge on any atom is 0.239 e. The highest BCUT2D eigenvalue weighted by molar-refractivity contribution is 5.82. The van der Waals surface area contributed by atoms with Gasteiger partial charge in [0.05, 0.1) is 13.2 Å². The van der Waals surface area contributed by atoms with E-state index in [1.807, 2.05) is 29.2 Å². The predicted octanol–water partition coefficient (Wildman–Crippen LogP) is 2.21. The van der Waals surface area contributed by atoms with E-state index in [0.717, 1.165) is 43.2 Å². The highest BCUT2D eigenvalue weighted by Gasteiger charge is 2.25. The van der Waals surface area contributed by atoms with E-state index in [9.17, 15) is 4.79 Å². The zero-order valence-electron chi connectivity index (χ0n) is 13.0. The molecule has 1 aromatic rings. The Bertz CT molecular complexity index is 450. The summed E-state index contributed by atoms with van der Waals surface area (Å²) in [5.41, 5.74) is 7.16. The number of amides is 1. The number of nitrogens with zero attached hydrogens (tertiary/aromatic N) is 1. The Hall–Kier alpha value is -1.55. The van der Waals surface area contributed by atoms with Crippen molar-refractivity contribution in [1.82, 2.24) is 4.90 Å². The van der Waals surface area contributed by atoms with E-state index >= 15 is 0 Å². The van der Waals surface area contributed by atoms with Gasteiger partial charge in [-0.15, -0.1) is 0 Å². The Balaban J connectivity index is 1.87. The Labute approximate surface area is 127 Å². The van der Waals surface area contributed by atoms with E-state index in [1.54, 1.807) is 7.11 Å². The summed E-state index contributed by atoms with van der Waals surface area (Å²) in [5, 5.41) is 0. The lowest BCUT2D eigenvalue weighted by atomic mass is 9.94. The van der Waals surface area contributed by atoms with Crippen LogP contribution in [0.2, 0.25) is 0 Å². The fourth-order valence-corrected chi connectivity index (χ4v) is 2.90. The summed E-state index contributed by atoms with van der Waals surface area (Å²) in [6.07, 6.45) is 4.01. The number of benzene rings is 1. The summed E-state index contributed by atoms with van der Waals surface area (Å²) >= 11 is 0. The van der Waals surface area contributed by atoms with Gasteiger partial charge in [-0.05, 0) is 42.9 Å². The molecule has 4 heteroatoms. The van der Waals surface area contributed by atoms with Gasteiger partial charge in [-0.2, -0.15) is 0 Å². The molecule has 1 heterocycles. The second-order valence-corrected chi connectivity index (χ2v) is 5.84. The maximum atomic E-state index is 12.4. The molecule has 0 unspecified atom stereocenters. The number of likely N-dealkylation sites (tertiary alicyclic amines) is 1. The van der Waals surface area contributed by atoms with Crippen LogP contribution in [0.15, 0.2) is 24.3 Å². The van der Waals surface area contributed by atoms with Crippen molar-refractivity contribution in [2.45, 2.75) is 38.6 Å². The summed E-state index contributed by atoms with van der Waals surface area (Å²) < 4.78 is 5.13. The number of hydrogen-bond acceptors (Lipinski definition) is 3. The van der Waals surface area contributed by atoms with Gasteiger partial charge in [0, 0.05) is 13.1 Å². The van der Waals surface area contributed by atoms with E-state index < -0.39 is 6.04 Å². The van der Waals surface area contributed by atoms with Crippen molar-refractivity contribution in [3.8, 4) is 5.75 Å². The zero-order chi connectivity index (χ0) is 15.2. The standard InChI is InChI=1S/C17H26N2O2/c1-3-13-8-10-19(11-9-13)17(20)16(18)12-14-4-6-15(21-2)7-5-14/h4-7,13,16H,3,8-12,18H2,1-2H3/t16-/m0/s1. The third kappa shape index (κ3) is 4.21. The average molecular weight is 290 g/mol. The Morgan fingerprint density at radius 2 is 1.95 bits per heavy atom. The smallest absolute Gasteiger partial charge is 0.239 e. The second-order valence-electron chi connectivity index (χ2n) is 5.84. The molecular formula is C17H26N2O2. The molecule has 1 saturated heterocycles.